The van der Waals surface area contributed by atoms with E-state index in [4.69, 9.17) is 5.11 Å². The van der Waals surface area contributed by atoms with Crippen molar-refractivity contribution < 1.29 is 47.4 Å². The molecule has 0 heterocycles. The summed E-state index contributed by atoms with van der Waals surface area (Å²) in [7, 11) is 0. The molecule has 0 aliphatic carbocycles. The standard InChI is InChI=1S/C4H6O3.2O.Ti/c1-3(5)2-4(6)7;;;/h2H2,1H3,(H,6,7);;;/q;2*-2;+4. The monoisotopic (exact) mass is 182 g/mol. The van der Waals surface area contributed by atoms with Crippen LogP contribution >= 0.6 is 0 Å². The third kappa shape index (κ3) is 25.0. The van der Waals surface area contributed by atoms with Crippen molar-refractivity contribution in [1.82, 2.24) is 0 Å². The van der Waals surface area contributed by atoms with Gasteiger partial charge in [0.25, 0.3) is 0 Å². The number of aliphatic carboxylic acids is 1. The summed E-state index contributed by atoms with van der Waals surface area (Å²) in [6.07, 6.45) is -0.361. The van der Waals surface area contributed by atoms with Crippen molar-refractivity contribution in [1.29, 1.82) is 0 Å². The summed E-state index contributed by atoms with van der Waals surface area (Å²) in [5.74, 6) is -1.37. The van der Waals surface area contributed by atoms with Gasteiger partial charge in [-0.1, -0.05) is 0 Å². The van der Waals surface area contributed by atoms with Crippen LogP contribution in [0.4, 0.5) is 0 Å². The minimum absolute atomic E-state index is 0. The average molecular weight is 182 g/mol. The van der Waals surface area contributed by atoms with Crippen LogP contribution in [0.1, 0.15) is 13.3 Å². The Balaban J connectivity index is -0.0000000600. The van der Waals surface area contributed by atoms with E-state index >= 15 is 0 Å². The molecule has 0 aromatic rings. The van der Waals surface area contributed by atoms with Gasteiger partial charge in [-0.05, 0) is 6.92 Å². The SMILES string of the molecule is CC(=O)CC(=O)O.[O-2].[O-2].[Ti+4]. The van der Waals surface area contributed by atoms with E-state index in [1.807, 2.05) is 0 Å². The van der Waals surface area contributed by atoms with Crippen molar-refractivity contribution in [3.8, 4) is 0 Å². The first-order chi connectivity index (χ1) is 3.13. The second kappa shape index (κ2) is 11.6. The fraction of sp³-hybridized carbons (Fsp3) is 0.500. The molecule has 10 heavy (non-hydrogen) atoms. The van der Waals surface area contributed by atoms with Gasteiger partial charge in [-0.3, -0.25) is 9.59 Å². The number of hydrogen-bond acceptors (Lipinski definition) is 2. The van der Waals surface area contributed by atoms with Gasteiger partial charge in [0.05, 0.1) is 0 Å². The van der Waals surface area contributed by atoms with Crippen LogP contribution < -0.4 is 0 Å². The number of hydrogen-bond donors (Lipinski definition) is 1. The first-order valence-corrected chi connectivity index (χ1v) is 1.84. The molecule has 0 atom stereocenters. The number of Topliss-reactive ketones (excluding diaryl/α,β-unsaturated/α-hetero) is 1. The molecule has 0 spiro atoms. The van der Waals surface area contributed by atoms with E-state index in [9.17, 15) is 9.59 Å². The van der Waals surface area contributed by atoms with Crippen molar-refractivity contribution in [2.24, 2.45) is 0 Å². The summed E-state index contributed by atoms with van der Waals surface area (Å²) in [6.45, 7) is 1.24. The molecule has 0 rings (SSSR count). The second-order valence-electron chi connectivity index (χ2n) is 1.27. The minimum atomic E-state index is -1.06. The molecule has 1 N–H and O–H groups in total. The minimum Gasteiger partial charge on any atom is -2.00 e. The Morgan fingerprint density at radius 1 is 1.30 bits per heavy atom. The predicted octanol–water partition coefficient (Wildman–Crippen LogP) is -0.190. The summed E-state index contributed by atoms with van der Waals surface area (Å²) in [5.41, 5.74) is 0. The molecule has 0 radical (unpaired) electrons. The molecule has 0 bridgehead atoms. The van der Waals surface area contributed by atoms with Gasteiger partial charge in [-0.15, -0.1) is 0 Å². The summed E-state index contributed by atoms with van der Waals surface area (Å²) in [6, 6.07) is 0. The Bertz CT molecular complexity index is 89.8. The maximum absolute atomic E-state index is 9.87. The largest absolute Gasteiger partial charge is 4.00 e. The molecule has 5 nitrogen and oxygen atoms in total. The number of rotatable bonds is 2. The molecule has 0 aromatic heterocycles. The number of ketones is 1. The molecule has 0 aliphatic heterocycles. The van der Waals surface area contributed by atoms with Crippen molar-refractivity contribution in [2.75, 3.05) is 0 Å². The first kappa shape index (κ1) is 22.6. The Kier molecular flexibility index (Phi) is 26.1. The molecule has 6 heteroatoms. The Morgan fingerprint density at radius 2 is 1.60 bits per heavy atom. The van der Waals surface area contributed by atoms with Crippen LogP contribution in [0, 0.1) is 0 Å². The summed E-state index contributed by atoms with van der Waals surface area (Å²) >= 11 is 0. The van der Waals surface area contributed by atoms with Crippen molar-refractivity contribution >= 4 is 11.8 Å². The second-order valence-corrected chi connectivity index (χ2v) is 1.27. The number of carbonyl (C=O) groups excluding carboxylic acids is 1. The van der Waals surface area contributed by atoms with Crippen molar-refractivity contribution in [3.63, 3.8) is 0 Å². The van der Waals surface area contributed by atoms with Crippen LogP contribution in [0.2, 0.25) is 0 Å². The van der Waals surface area contributed by atoms with Gasteiger partial charge in [0.15, 0.2) is 0 Å². The van der Waals surface area contributed by atoms with Crippen LogP contribution in [-0.2, 0) is 42.3 Å². The third-order valence-corrected chi connectivity index (χ3v) is 0.400. The smallest absolute Gasteiger partial charge is 2.00 e. The third-order valence-electron chi connectivity index (χ3n) is 0.400. The van der Waals surface area contributed by atoms with Crippen LogP contribution in [0.5, 0.6) is 0 Å². The topological polar surface area (TPSA) is 111 Å². The average Bonchev–Trinajstić information content (AvgIpc) is 1.27. The zero-order valence-corrected chi connectivity index (χ0v) is 6.85. The zero-order chi connectivity index (χ0) is 5.86. The van der Waals surface area contributed by atoms with Crippen molar-refractivity contribution in [2.45, 2.75) is 13.3 Å². The fourth-order valence-corrected chi connectivity index (χ4v) is 0.213. The van der Waals surface area contributed by atoms with E-state index in [0.717, 1.165) is 0 Å². The first-order valence-electron chi connectivity index (χ1n) is 1.84. The summed E-state index contributed by atoms with van der Waals surface area (Å²) in [5, 5.41) is 7.86. The van der Waals surface area contributed by atoms with Crippen molar-refractivity contribution in [3.05, 3.63) is 0 Å². The molecule has 0 fully saturated rings. The zero-order valence-electron chi connectivity index (χ0n) is 5.29. The quantitative estimate of drug-likeness (QED) is 0.471. The van der Waals surface area contributed by atoms with Gasteiger partial charge in [0.1, 0.15) is 12.2 Å². The maximum atomic E-state index is 9.87. The number of carboxylic acid groups (broad SMARTS) is 1. The van der Waals surface area contributed by atoms with Crippen LogP contribution in [-0.4, -0.2) is 16.9 Å². The molecule has 0 amide bonds. The summed E-state index contributed by atoms with van der Waals surface area (Å²) in [4.78, 5) is 19.5. The van der Waals surface area contributed by atoms with E-state index in [0.29, 0.717) is 0 Å². The Morgan fingerprint density at radius 3 is 1.60 bits per heavy atom. The molecule has 0 saturated carbocycles. The van der Waals surface area contributed by atoms with E-state index in [1.165, 1.54) is 6.92 Å². The summed E-state index contributed by atoms with van der Waals surface area (Å²) < 4.78 is 0. The fourth-order valence-electron chi connectivity index (χ4n) is 0.213. The van der Waals surface area contributed by atoms with Crippen LogP contribution in [0.25, 0.3) is 0 Å². The predicted molar refractivity (Wildman–Crippen MR) is 24.3 cm³/mol. The number of carboxylic acids is 1. The Hall–Kier alpha value is -0.226. The van der Waals surface area contributed by atoms with E-state index in [-0.39, 0.29) is 44.9 Å². The Labute approximate surface area is 72.9 Å². The molecule has 0 saturated heterocycles. The molecule has 56 valence electrons. The molecular formula is C4H6O5Ti. The normalized spacial score (nSPS) is 5.70. The van der Waals surface area contributed by atoms with Gasteiger partial charge in [0.2, 0.25) is 0 Å². The van der Waals surface area contributed by atoms with Gasteiger partial charge >= 0.3 is 27.7 Å². The van der Waals surface area contributed by atoms with Crippen LogP contribution in [0.15, 0.2) is 0 Å². The van der Waals surface area contributed by atoms with Gasteiger partial charge in [-0.25, -0.2) is 0 Å². The molecule has 0 aliphatic rings. The van der Waals surface area contributed by atoms with Gasteiger partial charge in [0, 0.05) is 0 Å². The van der Waals surface area contributed by atoms with E-state index in [2.05, 4.69) is 0 Å². The molecule has 0 unspecified atom stereocenters. The molecule has 0 aromatic carbocycles. The van der Waals surface area contributed by atoms with Gasteiger partial charge < -0.3 is 16.1 Å². The molecular weight excluding hydrogens is 176 g/mol. The maximum Gasteiger partial charge on any atom is 4.00 e. The van der Waals surface area contributed by atoms with Crippen LogP contribution in [0.3, 0.4) is 0 Å². The number of carbonyl (C=O) groups is 2. The van der Waals surface area contributed by atoms with E-state index < -0.39 is 5.97 Å². The van der Waals surface area contributed by atoms with E-state index in [1.54, 1.807) is 0 Å². The van der Waals surface area contributed by atoms with Gasteiger partial charge in [-0.2, -0.15) is 0 Å².